The second-order valence-corrected chi connectivity index (χ2v) is 6.55. The van der Waals surface area contributed by atoms with E-state index in [4.69, 9.17) is 9.47 Å². The Morgan fingerprint density at radius 2 is 1.66 bits per heavy atom. The molecule has 7 heteroatoms. The first-order valence-corrected chi connectivity index (χ1v) is 9.17. The van der Waals surface area contributed by atoms with Crippen LogP contribution in [0.5, 0.6) is 11.5 Å². The van der Waals surface area contributed by atoms with Crippen LogP contribution >= 0.6 is 0 Å². The van der Waals surface area contributed by atoms with Crippen LogP contribution in [0.25, 0.3) is 0 Å². The van der Waals surface area contributed by atoms with Gasteiger partial charge in [0.1, 0.15) is 17.3 Å². The van der Waals surface area contributed by atoms with Crippen molar-refractivity contribution in [2.45, 2.75) is 20.4 Å². The van der Waals surface area contributed by atoms with Crippen LogP contribution in [0, 0.1) is 13.8 Å². The number of methoxy groups -OCH3 is 2. The van der Waals surface area contributed by atoms with E-state index in [0.717, 1.165) is 5.56 Å². The van der Waals surface area contributed by atoms with Crippen molar-refractivity contribution in [3.8, 4) is 11.5 Å². The van der Waals surface area contributed by atoms with Crippen molar-refractivity contribution in [3.63, 3.8) is 0 Å². The molecule has 0 aliphatic carbocycles. The number of aryl methyl sites for hydroxylation is 2. The van der Waals surface area contributed by atoms with Crippen molar-refractivity contribution >= 4 is 17.4 Å². The van der Waals surface area contributed by atoms with Crippen molar-refractivity contribution in [2.75, 3.05) is 24.9 Å². The highest BCUT2D eigenvalue weighted by Gasteiger charge is 2.13. The van der Waals surface area contributed by atoms with Crippen LogP contribution in [-0.4, -0.2) is 30.1 Å². The zero-order chi connectivity index (χ0) is 20.8. The van der Waals surface area contributed by atoms with E-state index in [2.05, 4.69) is 44.9 Å². The summed E-state index contributed by atoms with van der Waals surface area (Å²) in [7, 11) is 3.11. The van der Waals surface area contributed by atoms with Crippen LogP contribution in [0.4, 0.5) is 11.5 Å². The number of rotatable bonds is 7. The van der Waals surface area contributed by atoms with Crippen LogP contribution < -0.4 is 20.1 Å². The summed E-state index contributed by atoms with van der Waals surface area (Å²) in [6.45, 7) is 4.41. The van der Waals surface area contributed by atoms with Gasteiger partial charge < -0.3 is 20.1 Å². The lowest BCUT2D eigenvalue weighted by atomic mass is 10.1. The molecule has 3 aromatic rings. The summed E-state index contributed by atoms with van der Waals surface area (Å²) in [4.78, 5) is 21.3. The van der Waals surface area contributed by atoms with E-state index in [9.17, 15) is 4.79 Å². The number of ether oxygens (including phenoxy) is 2. The molecule has 0 aliphatic heterocycles. The smallest absolute Gasteiger partial charge is 0.274 e. The normalized spacial score (nSPS) is 10.3. The lowest BCUT2D eigenvalue weighted by Crippen LogP contribution is -2.16. The Hall–Kier alpha value is -3.61. The number of anilines is 2. The highest BCUT2D eigenvalue weighted by atomic mass is 16.5. The topological polar surface area (TPSA) is 85.4 Å². The zero-order valence-electron chi connectivity index (χ0n) is 16.9. The number of hydrogen-bond donors (Lipinski definition) is 2. The first-order chi connectivity index (χ1) is 14.0. The average Bonchev–Trinajstić information content (AvgIpc) is 2.72. The number of carbonyl (C=O) groups is 1. The van der Waals surface area contributed by atoms with Gasteiger partial charge in [-0.2, -0.15) is 0 Å². The third-order valence-corrected chi connectivity index (χ3v) is 4.31. The molecule has 29 heavy (non-hydrogen) atoms. The highest BCUT2D eigenvalue weighted by molar-refractivity contribution is 6.03. The molecule has 0 saturated carbocycles. The molecule has 0 spiro atoms. The molecular weight excluding hydrogens is 368 g/mol. The Bertz CT molecular complexity index is 1000. The summed E-state index contributed by atoms with van der Waals surface area (Å²) >= 11 is 0. The van der Waals surface area contributed by atoms with Gasteiger partial charge in [0.25, 0.3) is 5.91 Å². The Morgan fingerprint density at radius 1 is 0.931 bits per heavy atom. The van der Waals surface area contributed by atoms with Crippen molar-refractivity contribution in [3.05, 3.63) is 71.2 Å². The van der Waals surface area contributed by atoms with Gasteiger partial charge in [-0.25, -0.2) is 9.97 Å². The zero-order valence-corrected chi connectivity index (χ0v) is 16.9. The molecule has 7 nitrogen and oxygen atoms in total. The standard InChI is InChI=1S/C22H24N4O3/c1-14-5-7-16(8-6-14)13-23-21-12-18(24-15(2)25-21)22(27)26-17-9-10-19(28-3)20(11-17)29-4/h5-12H,13H2,1-4H3,(H,26,27)(H,23,24,25). The third-order valence-electron chi connectivity index (χ3n) is 4.31. The molecule has 2 N–H and O–H groups in total. The second-order valence-electron chi connectivity index (χ2n) is 6.55. The number of amides is 1. The van der Waals surface area contributed by atoms with Gasteiger partial charge in [-0.05, 0) is 31.5 Å². The minimum absolute atomic E-state index is 0.277. The van der Waals surface area contributed by atoms with E-state index in [1.54, 1.807) is 45.4 Å². The predicted octanol–water partition coefficient (Wildman–Crippen LogP) is 3.98. The quantitative estimate of drug-likeness (QED) is 0.633. The molecule has 0 atom stereocenters. The molecule has 0 aliphatic rings. The summed E-state index contributed by atoms with van der Waals surface area (Å²) < 4.78 is 10.5. The molecule has 0 radical (unpaired) electrons. The Balaban J connectivity index is 1.73. The molecule has 1 aromatic heterocycles. The van der Waals surface area contributed by atoms with E-state index in [1.807, 2.05) is 6.92 Å². The van der Waals surface area contributed by atoms with Gasteiger partial charge in [-0.15, -0.1) is 0 Å². The van der Waals surface area contributed by atoms with Crippen LogP contribution in [0.15, 0.2) is 48.5 Å². The number of aromatic nitrogens is 2. The number of hydrogen-bond acceptors (Lipinski definition) is 6. The van der Waals surface area contributed by atoms with E-state index >= 15 is 0 Å². The fourth-order valence-corrected chi connectivity index (χ4v) is 2.78. The fourth-order valence-electron chi connectivity index (χ4n) is 2.78. The van der Waals surface area contributed by atoms with Gasteiger partial charge in [0.2, 0.25) is 0 Å². The van der Waals surface area contributed by atoms with Crippen LogP contribution in [-0.2, 0) is 6.54 Å². The molecule has 0 saturated heterocycles. The minimum atomic E-state index is -0.332. The summed E-state index contributed by atoms with van der Waals surface area (Å²) in [5.74, 6) is 1.89. The van der Waals surface area contributed by atoms with Crippen LogP contribution in [0.1, 0.15) is 27.4 Å². The van der Waals surface area contributed by atoms with Gasteiger partial charge in [0.05, 0.1) is 14.2 Å². The maximum Gasteiger partial charge on any atom is 0.274 e. The average molecular weight is 392 g/mol. The summed E-state index contributed by atoms with van der Waals surface area (Å²) in [6.07, 6.45) is 0. The van der Waals surface area contributed by atoms with Gasteiger partial charge >= 0.3 is 0 Å². The maximum atomic E-state index is 12.7. The van der Waals surface area contributed by atoms with Crippen molar-refractivity contribution in [1.82, 2.24) is 9.97 Å². The third kappa shape index (κ3) is 5.22. The molecule has 1 heterocycles. The molecule has 150 valence electrons. The molecular formula is C22H24N4O3. The van der Waals surface area contributed by atoms with Crippen LogP contribution in [0.3, 0.4) is 0 Å². The Labute approximate surface area is 170 Å². The van der Waals surface area contributed by atoms with E-state index < -0.39 is 0 Å². The summed E-state index contributed by atoms with van der Waals surface area (Å²) in [5.41, 5.74) is 3.20. The molecule has 0 unspecified atom stereocenters. The molecule has 0 bridgehead atoms. The first-order valence-electron chi connectivity index (χ1n) is 9.17. The second kappa shape index (κ2) is 9.05. The monoisotopic (exact) mass is 392 g/mol. The van der Waals surface area contributed by atoms with Crippen molar-refractivity contribution in [2.24, 2.45) is 0 Å². The number of nitrogens with one attached hydrogen (secondary N) is 2. The van der Waals surface area contributed by atoms with E-state index in [-0.39, 0.29) is 11.6 Å². The van der Waals surface area contributed by atoms with Gasteiger partial charge in [-0.1, -0.05) is 29.8 Å². The number of nitrogens with zero attached hydrogens (tertiary/aromatic N) is 2. The lowest BCUT2D eigenvalue weighted by Gasteiger charge is -2.11. The maximum absolute atomic E-state index is 12.7. The van der Waals surface area contributed by atoms with Crippen molar-refractivity contribution in [1.29, 1.82) is 0 Å². The largest absolute Gasteiger partial charge is 0.493 e. The number of benzene rings is 2. The van der Waals surface area contributed by atoms with Gasteiger partial charge in [0, 0.05) is 24.4 Å². The minimum Gasteiger partial charge on any atom is -0.493 e. The first kappa shape index (κ1) is 20.1. The fraction of sp³-hybridized carbons (Fsp3) is 0.227. The number of carbonyl (C=O) groups excluding carboxylic acids is 1. The van der Waals surface area contributed by atoms with E-state index in [1.165, 1.54) is 5.56 Å². The Morgan fingerprint density at radius 3 is 2.34 bits per heavy atom. The lowest BCUT2D eigenvalue weighted by molar-refractivity contribution is 0.102. The molecule has 3 rings (SSSR count). The molecule has 0 fully saturated rings. The van der Waals surface area contributed by atoms with Gasteiger partial charge in [0.15, 0.2) is 11.5 Å². The summed E-state index contributed by atoms with van der Waals surface area (Å²) in [6, 6.07) is 15.0. The summed E-state index contributed by atoms with van der Waals surface area (Å²) in [5, 5.41) is 6.07. The predicted molar refractivity (Wildman–Crippen MR) is 113 cm³/mol. The highest BCUT2D eigenvalue weighted by Crippen LogP contribution is 2.29. The molecule has 1 amide bonds. The van der Waals surface area contributed by atoms with Crippen molar-refractivity contribution < 1.29 is 14.3 Å². The van der Waals surface area contributed by atoms with Crippen LogP contribution in [0.2, 0.25) is 0 Å². The molecule has 2 aromatic carbocycles. The van der Waals surface area contributed by atoms with Gasteiger partial charge in [-0.3, -0.25) is 4.79 Å². The SMILES string of the molecule is COc1ccc(NC(=O)c2cc(NCc3ccc(C)cc3)nc(C)n2)cc1OC. The Kier molecular flexibility index (Phi) is 6.29. The van der Waals surface area contributed by atoms with E-state index in [0.29, 0.717) is 35.4 Å².